The zero-order valence-corrected chi connectivity index (χ0v) is 6.78. The molecule has 0 saturated heterocycles. The van der Waals surface area contributed by atoms with Crippen molar-refractivity contribution in [3.05, 3.63) is 33.8 Å². The maximum Gasteiger partial charge on any atom is 0.335 e. The number of rotatable bonds is 1. The summed E-state index contributed by atoms with van der Waals surface area (Å²) in [5, 5.41) is 8.91. The Bertz CT molecular complexity index is 276. The molecule has 0 amide bonds. The largest absolute Gasteiger partial charge is 0.478 e. The molecule has 4 heteroatoms. The van der Waals surface area contributed by atoms with Gasteiger partial charge < -0.3 is 5.11 Å². The molecule has 0 saturated carbocycles. The predicted octanol–water partition coefficient (Wildman–Crippen LogP) is 2.49. The number of carbonyl (C=O) groups is 1. The minimum absolute atomic E-state index is 0.0683. The van der Waals surface area contributed by atoms with Crippen molar-refractivity contribution < 1.29 is 9.90 Å². The zero-order chi connectivity index (χ0) is 8.43. The molecular weight excluding hydrogens is 187 g/mol. The molecule has 0 aliphatic heterocycles. The molecular formula is C7H3Cl2O2. The minimum Gasteiger partial charge on any atom is -0.478 e. The Balaban J connectivity index is 3.19. The number of hydrogen-bond acceptors (Lipinski definition) is 1. The Kier molecular flexibility index (Phi) is 2.37. The maximum absolute atomic E-state index is 10.4. The Hall–Kier alpha value is -0.730. The van der Waals surface area contributed by atoms with Gasteiger partial charge in [-0.2, -0.15) is 0 Å². The lowest BCUT2D eigenvalue weighted by molar-refractivity contribution is 0.0697. The van der Waals surface area contributed by atoms with E-state index in [1.54, 1.807) is 0 Å². The molecule has 0 heterocycles. The van der Waals surface area contributed by atoms with Gasteiger partial charge >= 0.3 is 5.97 Å². The maximum atomic E-state index is 10.4. The van der Waals surface area contributed by atoms with E-state index in [2.05, 4.69) is 6.07 Å². The van der Waals surface area contributed by atoms with Crippen LogP contribution in [-0.4, -0.2) is 11.1 Å². The molecule has 1 N–H and O–H groups in total. The molecule has 1 radical (unpaired) electrons. The topological polar surface area (TPSA) is 37.3 Å². The van der Waals surface area contributed by atoms with Crippen molar-refractivity contribution in [1.29, 1.82) is 0 Å². The molecule has 0 unspecified atom stereocenters. The van der Waals surface area contributed by atoms with Crippen molar-refractivity contribution in [2.45, 2.75) is 0 Å². The summed E-state index contributed by atoms with van der Waals surface area (Å²) in [6, 6.07) is 5.11. The first kappa shape index (κ1) is 8.37. The monoisotopic (exact) mass is 189 g/mol. The fraction of sp³-hybridized carbons (Fsp3) is 0. The molecule has 1 aromatic carbocycles. The SMILES string of the molecule is O=C(O)c1cc(Cl)[c]c(Cl)c1. The summed E-state index contributed by atoms with van der Waals surface area (Å²) in [4.78, 5) is 10.4. The third-order valence-electron chi connectivity index (χ3n) is 1.05. The second-order valence-corrected chi connectivity index (χ2v) is 2.68. The van der Waals surface area contributed by atoms with E-state index in [-0.39, 0.29) is 15.6 Å². The third-order valence-corrected chi connectivity index (χ3v) is 1.46. The Morgan fingerprint density at radius 2 is 1.82 bits per heavy atom. The normalized spacial score (nSPS) is 9.64. The standard InChI is InChI=1S/C7H3Cl2O2/c8-5-1-4(7(10)11)2-6(9)3-5/h1-2H,(H,10,11). The van der Waals surface area contributed by atoms with E-state index in [1.165, 1.54) is 12.1 Å². The highest BCUT2D eigenvalue weighted by Gasteiger charge is 2.04. The molecule has 0 spiro atoms. The Morgan fingerprint density at radius 1 is 1.36 bits per heavy atom. The smallest absolute Gasteiger partial charge is 0.335 e. The van der Waals surface area contributed by atoms with Gasteiger partial charge in [-0.3, -0.25) is 0 Å². The second kappa shape index (κ2) is 3.11. The van der Waals surface area contributed by atoms with Crippen LogP contribution in [0.1, 0.15) is 10.4 Å². The quantitative estimate of drug-likeness (QED) is 0.738. The van der Waals surface area contributed by atoms with Gasteiger partial charge in [-0.15, -0.1) is 0 Å². The highest BCUT2D eigenvalue weighted by atomic mass is 35.5. The van der Waals surface area contributed by atoms with E-state index in [0.29, 0.717) is 0 Å². The lowest BCUT2D eigenvalue weighted by Gasteiger charge is -1.95. The molecule has 0 atom stereocenters. The first-order chi connectivity index (χ1) is 5.09. The van der Waals surface area contributed by atoms with Crippen LogP contribution in [0.5, 0.6) is 0 Å². The van der Waals surface area contributed by atoms with Gasteiger partial charge in [0.15, 0.2) is 0 Å². The van der Waals surface area contributed by atoms with Gasteiger partial charge in [0.25, 0.3) is 0 Å². The molecule has 0 fully saturated rings. The summed E-state index contributed by atoms with van der Waals surface area (Å²) in [5.41, 5.74) is 0.0683. The number of hydrogen-bond donors (Lipinski definition) is 1. The van der Waals surface area contributed by atoms with Gasteiger partial charge in [0.1, 0.15) is 0 Å². The van der Waals surface area contributed by atoms with E-state index in [4.69, 9.17) is 28.3 Å². The van der Waals surface area contributed by atoms with E-state index >= 15 is 0 Å². The van der Waals surface area contributed by atoms with Crippen LogP contribution in [0.2, 0.25) is 10.0 Å². The molecule has 57 valence electrons. The number of halogens is 2. The average Bonchev–Trinajstić information content (AvgIpc) is 1.85. The summed E-state index contributed by atoms with van der Waals surface area (Å²) in [6.07, 6.45) is 0. The van der Waals surface area contributed by atoms with Crippen LogP contribution in [0.3, 0.4) is 0 Å². The minimum atomic E-state index is -1.05. The van der Waals surface area contributed by atoms with Crippen molar-refractivity contribution in [3.8, 4) is 0 Å². The molecule has 1 rings (SSSR count). The van der Waals surface area contributed by atoms with Crippen LogP contribution in [0, 0.1) is 6.07 Å². The summed E-state index contributed by atoms with van der Waals surface area (Å²) >= 11 is 11.0. The molecule has 0 aliphatic carbocycles. The van der Waals surface area contributed by atoms with Gasteiger partial charge in [0.05, 0.1) is 15.6 Å². The summed E-state index contributed by atoms with van der Waals surface area (Å²) in [5.74, 6) is -1.05. The molecule has 1 aromatic rings. The van der Waals surface area contributed by atoms with E-state index in [1.807, 2.05) is 0 Å². The average molecular weight is 190 g/mol. The lowest BCUT2D eigenvalue weighted by Crippen LogP contribution is -1.95. The van der Waals surface area contributed by atoms with Crippen LogP contribution in [-0.2, 0) is 0 Å². The fourth-order valence-corrected chi connectivity index (χ4v) is 1.11. The summed E-state index contributed by atoms with van der Waals surface area (Å²) in [7, 11) is 0. The fourth-order valence-electron chi connectivity index (χ4n) is 0.624. The number of benzene rings is 1. The van der Waals surface area contributed by atoms with Gasteiger partial charge in [0.2, 0.25) is 0 Å². The second-order valence-electron chi connectivity index (χ2n) is 1.87. The molecule has 0 aliphatic rings. The highest BCUT2D eigenvalue weighted by molar-refractivity contribution is 6.34. The van der Waals surface area contributed by atoms with E-state index in [0.717, 1.165) is 0 Å². The Labute approximate surface area is 73.4 Å². The molecule has 2 nitrogen and oxygen atoms in total. The van der Waals surface area contributed by atoms with E-state index < -0.39 is 5.97 Å². The van der Waals surface area contributed by atoms with Gasteiger partial charge in [-0.25, -0.2) is 4.79 Å². The third kappa shape index (κ3) is 2.10. The van der Waals surface area contributed by atoms with Crippen molar-refractivity contribution in [3.63, 3.8) is 0 Å². The van der Waals surface area contributed by atoms with Crippen molar-refractivity contribution in [2.75, 3.05) is 0 Å². The van der Waals surface area contributed by atoms with Crippen molar-refractivity contribution in [2.24, 2.45) is 0 Å². The van der Waals surface area contributed by atoms with Gasteiger partial charge in [-0.05, 0) is 12.1 Å². The lowest BCUT2D eigenvalue weighted by atomic mass is 10.2. The van der Waals surface area contributed by atoms with Crippen LogP contribution >= 0.6 is 23.2 Å². The summed E-state index contributed by atoms with van der Waals surface area (Å²) in [6.45, 7) is 0. The van der Waals surface area contributed by atoms with Crippen LogP contribution in [0.4, 0.5) is 0 Å². The highest BCUT2D eigenvalue weighted by Crippen LogP contribution is 2.17. The Morgan fingerprint density at radius 3 is 2.18 bits per heavy atom. The number of aromatic carboxylic acids is 1. The number of carboxylic acid groups (broad SMARTS) is 1. The first-order valence-corrected chi connectivity index (χ1v) is 3.47. The predicted molar refractivity (Wildman–Crippen MR) is 42.3 cm³/mol. The molecule has 0 bridgehead atoms. The van der Waals surface area contributed by atoms with Crippen molar-refractivity contribution in [1.82, 2.24) is 0 Å². The summed E-state index contributed by atoms with van der Waals surface area (Å²) < 4.78 is 0. The molecule has 11 heavy (non-hydrogen) atoms. The van der Waals surface area contributed by atoms with Crippen molar-refractivity contribution >= 4 is 29.2 Å². The van der Waals surface area contributed by atoms with Crippen LogP contribution < -0.4 is 0 Å². The van der Waals surface area contributed by atoms with Gasteiger partial charge in [0, 0.05) is 6.07 Å². The zero-order valence-electron chi connectivity index (χ0n) is 5.27. The first-order valence-electron chi connectivity index (χ1n) is 2.71. The van der Waals surface area contributed by atoms with Crippen LogP contribution in [0.25, 0.3) is 0 Å². The van der Waals surface area contributed by atoms with E-state index in [9.17, 15) is 4.79 Å². The number of carboxylic acids is 1. The van der Waals surface area contributed by atoms with Gasteiger partial charge in [-0.1, -0.05) is 23.2 Å². The molecule has 0 aromatic heterocycles. The van der Waals surface area contributed by atoms with Crippen LogP contribution in [0.15, 0.2) is 12.1 Å².